The van der Waals surface area contributed by atoms with E-state index in [1.165, 1.54) is 0 Å². The molecule has 0 spiro atoms. The van der Waals surface area contributed by atoms with Crippen LogP contribution < -0.4 is 0 Å². The largest absolute Gasteiger partial charge is 2.00 e. The van der Waals surface area contributed by atoms with E-state index < -0.39 is 41.9 Å². The molecule has 0 atom stereocenters. The first-order valence-corrected chi connectivity index (χ1v) is 9.49. The van der Waals surface area contributed by atoms with E-state index in [0.717, 1.165) is 0 Å². The van der Waals surface area contributed by atoms with Gasteiger partial charge in [-0.25, -0.2) is 16.8 Å². The van der Waals surface area contributed by atoms with E-state index in [-0.39, 0.29) is 23.1 Å². The van der Waals surface area contributed by atoms with Gasteiger partial charge in [-0.1, -0.05) is 0 Å². The van der Waals surface area contributed by atoms with Gasteiger partial charge < -0.3 is 28.7 Å². The van der Waals surface area contributed by atoms with Crippen LogP contribution in [0.4, 0.5) is 0 Å². The second-order valence-electron chi connectivity index (χ2n) is 2.33. The Balaban J connectivity index is -0.000000101. The van der Waals surface area contributed by atoms with Crippen molar-refractivity contribution in [2.45, 2.75) is 0 Å². The molecule has 0 rings (SSSR count). The Labute approximate surface area is 128 Å². The van der Waals surface area contributed by atoms with Crippen LogP contribution in [-0.4, -0.2) is 83.6 Å². The first-order valence-electron chi connectivity index (χ1n) is 3.16. The molecule has 0 aromatic rings. The average Bonchev–Trinajstić information content (AvgIpc) is 1.63. The SMILES string of the molecule is O=P(O)(O)CP(=O)(O)O.O=S(=O)([O-])O.O=S(=O)([O-])O.[Mg+2]. The number of hydrogen-bond acceptors (Lipinski definition) is 8. The Morgan fingerprint density at radius 1 is 0.750 bits per heavy atom. The van der Waals surface area contributed by atoms with Gasteiger partial charge in [0, 0.05) is 0 Å². The normalized spacial score (nSPS) is 12.0. The zero-order valence-corrected chi connectivity index (χ0v) is 13.9. The Morgan fingerprint density at radius 3 is 0.850 bits per heavy atom. The van der Waals surface area contributed by atoms with E-state index in [9.17, 15) is 9.13 Å². The number of hydrogen-bond donors (Lipinski definition) is 6. The van der Waals surface area contributed by atoms with Gasteiger partial charge in [-0.3, -0.25) is 18.2 Å². The molecule has 19 heteroatoms. The van der Waals surface area contributed by atoms with Crippen LogP contribution in [0.25, 0.3) is 0 Å². The van der Waals surface area contributed by atoms with Gasteiger partial charge in [-0.2, -0.15) is 0 Å². The van der Waals surface area contributed by atoms with Crippen LogP contribution in [0.5, 0.6) is 0 Å². The summed E-state index contributed by atoms with van der Waals surface area (Å²) < 4.78 is 85.4. The van der Waals surface area contributed by atoms with E-state index >= 15 is 0 Å². The first-order chi connectivity index (χ1) is 7.71. The molecule has 14 nitrogen and oxygen atoms in total. The minimum atomic E-state index is -4.92. The van der Waals surface area contributed by atoms with Crippen molar-refractivity contribution in [3.63, 3.8) is 0 Å². The molecule has 0 radical (unpaired) electrons. The molecule has 0 unspecified atom stereocenters. The summed E-state index contributed by atoms with van der Waals surface area (Å²) in [6.45, 7) is 0. The quantitative estimate of drug-likeness (QED) is 0.117. The van der Waals surface area contributed by atoms with Crippen molar-refractivity contribution in [1.82, 2.24) is 0 Å². The van der Waals surface area contributed by atoms with Gasteiger partial charge in [-0.05, 0) is 0 Å². The minimum absolute atomic E-state index is 0. The molecule has 0 bridgehead atoms. The Bertz CT molecular complexity index is 466. The third-order valence-electron chi connectivity index (χ3n) is 0.368. The van der Waals surface area contributed by atoms with E-state index in [0.29, 0.717) is 0 Å². The van der Waals surface area contributed by atoms with Gasteiger partial charge >= 0.3 is 38.2 Å². The van der Waals surface area contributed by atoms with Crippen LogP contribution >= 0.6 is 15.2 Å². The van der Waals surface area contributed by atoms with Crippen molar-refractivity contribution in [3.05, 3.63) is 0 Å². The van der Waals surface area contributed by atoms with Crippen molar-refractivity contribution >= 4 is 59.0 Å². The first kappa shape index (κ1) is 28.9. The molecule has 0 aliphatic rings. The third-order valence-corrected chi connectivity index (χ3v) is 3.32. The van der Waals surface area contributed by atoms with Crippen molar-refractivity contribution in [2.75, 3.05) is 5.90 Å². The van der Waals surface area contributed by atoms with E-state index in [1.54, 1.807) is 0 Å². The van der Waals surface area contributed by atoms with Crippen molar-refractivity contribution in [2.24, 2.45) is 0 Å². The van der Waals surface area contributed by atoms with Crippen LogP contribution in [0, 0.1) is 0 Å². The molecular weight excluding hydrogens is 386 g/mol. The smallest absolute Gasteiger partial charge is 0.726 e. The van der Waals surface area contributed by atoms with Crippen molar-refractivity contribution in [3.8, 4) is 0 Å². The fourth-order valence-corrected chi connectivity index (χ4v) is 2.16. The molecule has 0 saturated carbocycles. The zero-order valence-electron chi connectivity index (χ0n) is 9.07. The maximum atomic E-state index is 9.85. The fraction of sp³-hybridized carbons (Fsp3) is 1.00. The molecule has 0 aromatic carbocycles. The molecule has 0 amide bonds. The Morgan fingerprint density at radius 2 is 0.850 bits per heavy atom. The summed E-state index contributed by atoms with van der Waals surface area (Å²) in [5, 5.41) is 0. The van der Waals surface area contributed by atoms with Crippen LogP contribution in [-0.2, 0) is 29.9 Å². The third kappa shape index (κ3) is 129. The second kappa shape index (κ2) is 10.5. The standard InChI is InChI=1S/CH6O6P2.Mg.2H2O4S/c2-8(3,4)1-9(5,6)7;;2*1-5(2,3)4/h1H2,(H2,2,3,4)(H2,5,6,7);;2*(H2,1,2,3,4)/q;+2;;/p-2. The summed E-state index contributed by atoms with van der Waals surface area (Å²) in [5.41, 5.74) is 0. The summed E-state index contributed by atoms with van der Waals surface area (Å²) in [6, 6.07) is 0. The summed E-state index contributed by atoms with van der Waals surface area (Å²) >= 11 is 0. The fourth-order valence-electron chi connectivity index (χ4n) is 0.240. The molecule has 0 aromatic heterocycles. The van der Waals surface area contributed by atoms with Gasteiger partial charge in [0.15, 0.2) is 5.90 Å². The molecule has 0 heterocycles. The maximum Gasteiger partial charge on any atom is 2.00 e. The predicted octanol–water partition coefficient (Wildman–Crippen LogP) is -3.07. The molecular formula is CH8MgO14P2S2. The second-order valence-corrected chi connectivity index (χ2v) is 7.83. The van der Waals surface area contributed by atoms with Crippen molar-refractivity contribution in [1.29, 1.82) is 0 Å². The zero-order chi connectivity index (χ0) is 16.7. The number of rotatable bonds is 2. The van der Waals surface area contributed by atoms with Gasteiger partial charge in [0.2, 0.25) is 20.8 Å². The van der Waals surface area contributed by atoms with E-state index in [4.69, 9.17) is 54.6 Å². The maximum absolute atomic E-state index is 9.85. The van der Waals surface area contributed by atoms with E-state index in [2.05, 4.69) is 0 Å². The van der Waals surface area contributed by atoms with Gasteiger partial charge in [0.05, 0.1) is 0 Å². The van der Waals surface area contributed by atoms with Gasteiger partial charge in [-0.15, -0.1) is 0 Å². The summed E-state index contributed by atoms with van der Waals surface area (Å²) in [5.74, 6) is -1.38. The summed E-state index contributed by atoms with van der Waals surface area (Å²) in [7, 11) is -18.9. The Hall–Kier alpha value is 0.806. The van der Waals surface area contributed by atoms with Crippen LogP contribution in [0.3, 0.4) is 0 Å². The summed E-state index contributed by atoms with van der Waals surface area (Å²) in [6.07, 6.45) is 0. The molecule has 20 heavy (non-hydrogen) atoms. The van der Waals surface area contributed by atoms with Gasteiger partial charge in [0.25, 0.3) is 0 Å². The predicted molar refractivity (Wildman–Crippen MR) is 59.4 cm³/mol. The molecule has 0 aliphatic heterocycles. The van der Waals surface area contributed by atoms with Crippen molar-refractivity contribution < 1.29 is 63.8 Å². The van der Waals surface area contributed by atoms with Crippen LogP contribution in [0.15, 0.2) is 0 Å². The summed E-state index contributed by atoms with van der Waals surface area (Å²) in [4.78, 5) is 31.9. The minimum Gasteiger partial charge on any atom is -0.726 e. The van der Waals surface area contributed by atoms with Crippen LogP contribution in [0.2, 0.25) is 0 Å². The van der Waals surface area contributed by atoms with Gasteiger partial charge in [0.1, 0.15) is 0 Å². The molecule has 0 saturated heterocycles. The molecule has 120 valence electrons. The average molecular weight is 394 g/mol. The Kier molecular flexibility index (Phi) is 15.2. The van der Waals surface area contributed by atoms with Crippen LogP contribution in [0.1, 0.15) is 0 Å². The monoisotopic (exact) mass is 394 g/mol. The molecule has 6 N–H and O–H groups in total. The topological polar surface area (TPSA) is 270 Å². The van der Waals surface area contributed by atoms with E-state index in [1.807, 2.05) is 0 Å². The molecule has 0 fully saturated rings. The molecule has 0 aliphatic carbocycles.